The first-order valence-corrected chi connectivity index (χ1v) is 6.10. The molecule has 0 radical (unpaired) electrons. The summed E-state index contributed by atoms with van der Waals surface area (Å²) in [5.41, 5.74) is 1.06. The summed E-state index contributed by atoms with van der Waals surface area (Å²) < 4.78 is 5.59. The van der Waals surface area contributed by atoms with Gasteiger partial charge in [-0.15, -0.1) is 0 Å². The second-order valence-corrected chi connectivity index (χ2v) is 3.84. The average molecular weight is 222 g/mol. The summed E-state index contributed by atoms with van der Waals surface area (Å²) in [4.78, 5) is 4.37. The largest absolute Gasteiger partial charge is 0.379 e. The molecule has 1 aromatic rings. The van der Waals surface area contributed by atoms with E-state index in [2.05, 4.69) is 24.1 Å². The maximum absolute atomic E-state index is 5.59. The van der Waals surface area contributed by atoms with Crippen LogP contribution in [-0.2, 0) is 4.74 Å². The quantitative estimate of drug-likeness (QED) is 0.686. The van der Waals surface area contributed by atoms with Gasteiger partial charge >= 0.3 is 0 Å². The number of nitrogens with zero attached hydrogens (tertiary/aromatic N) is 1. The lowest BCUT2D eigenvalue weighted by Gasteiger charge is -2.17. The van der Waals surface area contributed by atoms with Crippen LogP contribution in [0.1, 0.15) is 38.4 Å². The lowest BCUT2D eigenvalue weighted by atomic mass is 10.2. The highest BCUT2D eigenvalue weighted by molar-refractivity contribution is 5.08. The fourth-order valence-corrected chi connectivity index (χ4v) is 1.50. The monoisotopic (exact) mass is 222 g/mol. The predicted octanol–water partition coefficient (Wildman–Crippen LogP) is 2.55. The van der Waals surface area contributed by atoms with Crippen molar-refractivity contribution in [3.63, 3.8) is 0 Å². The van der Waals surface area contributed by atoms with E-state index in [-0.39, 0.29) is 6.04 Å². The van der Waals surface area contributed by atoms with Gasteiger partial charge in [-0.3, -0.25) is 4.98 Å². The van der Waals surface area contributed by atoms with Crippen molar-refractivity contribution in [2.45, 2.75) is 32.7 Å². The molecule has 90 valence electrons. The molecule has 3 nitrogen and oxygen atoms in total. The lowest BCUT2D eigenvalue weighted by molar-refractivity contribution is 0.111. The van der Waals surface area contributed by atoms with E-state index in [1.807, 2.05) is 24.4 Å². The van der Waals surface area contributed by atoms with E-state index < -0.39 is 0 Å². The van der Waals surface area contributed by atoms with Crippen LogP contribution in [0, 0.1) is 0 Å². The maximum atomic E-state index is 5.59. The van der Waals surface area contributed by atoms with Crippen LogP contribution in [0.2, 0.25) is 0 Å². The Morgan fingerprint density at radius 2 is 2.19 bits per heavy atom. The Bertz CT molecular complexity index is 264. The number of ether oxygens (including phenoxy) is 1. The molecule has 0 aliphatic carbocycles. The number of aromatic nitrogens is 1. The van der Waals surface area contributed by atoms with Crippen molar-refractivity contribution in [3.05, 3.63) is 30.1 Å². The van der Waals surface area contributed by atoms with Crippen molar-refractivity contribution < 1.29 is 4.74 Å². The summed E-state index contributed by atoms with van der Waals surface area (Å²) in [6, 6.07) is 6.21. The van der Waals surface area contributed by atoms with Gasteiger partial charge in [-0.05, 0) is 31.5 Å². The Labute approximate surface area is 98.2 Å². The van der Waals surface area contributed by atoms with Gasteiger partial charge in [0.1, 0.15) is 0 Å². The van der Waals surface area contributed by atoms with Gasteiger partial charge in [0.15, 0.2) is 0 Å². The normalized spacial score (nSPS) is 12.6. The highest BCUT2D eigenvalue weighted by Gasteiger charge is 2.11. The van der Waals surface area contributed by atoms with Gasteiger partial charge in [-0.25, -0.2) is 0 Å². The summed E-state index contributed by atoms with van der Waals surface area (Å²) in [5, 5.41) is 3.46. The fraction of sp³-hybridized carbons (Fsp3) is 0.615. The summed E-state index contributed by atoms with van der Waals surface area (Å²) in [5.74, 6) is 0. The Balaban J connectivity index is 2.49. The molecule has 1 heterocycles. The summed E-state index contributed by atoms with van der Waals surface area (Å²) >= 11 is 0. The van der Waals surface area contributed by atoms with Gasteiger partial charge < -0.3 is 10.1 Å². The van der Waals surface area contributed by atoms with Crippen LogP contribution in [-0.4, -0.2) is 24.7 Å². The van der Waals surface area contributed by atoms with Crippen molar-refractivity contribution in [2.24, 2.45) is 0 Å². The summed E-state index contributed by atoms with van der Waals surface area (Å²) in [6.45, 7) is 6.79. The molecule has 0 spiro atoms. The molecule has 16 heavy (non-hydrogen) atoms. The molecule has 1 unspecified atom stereocenters. The van der Waals surface area contributed by atoms with Crippen LogP contribution in [0.15, 0.2) is 24.4 Å². The van der Waals surface area contributed by atoms with E-state index >= 15 is 0 Å². The number of rotatable bonds is 8. The van der Waals surface area contributed by atoms with Crippen molar-refractivity contribution in [2.75, 3.05) is 19.8 Å². The SMILES string of the molecule is CCCNC(COCCC)c1ccccn1. The molecule has 0 aliphatic heterocycles. The van der Waals surface area contributed by atoms with Crippen LogP contribution < -0.4 is 5.32 Å². The molecule has 1 rings (SSSR count). The molecule has 1 N–H and O–H groups in total. The molecule has 0 fully saturated rings. The Kier molecular flexibility index (Phi) is 6.77. The first kappa shape index (κ1) is 13.1. The van der Waals surface area contributed by atoms with E-state index in [1.165, 1.54) is 0 Å². The molecule has 0 amide bonds. The van der Waals surface area contributed by atoms with Crippen LogP contribution in [0.25, 0.3) is 0 Å². The van der Waals surface area contributed by atoms with E-state index in [4.69, 9.17) is 4.74 Å². The third-order valence-electron chi connectivity index (χ3n) is 2.32. The molecule has 1 atom stereocenters. The minimum absolute atomic E-state index is 0.215. The molecule has 0 aromatic carbocycles. The van der Waals surface area contributed by atoms with Crippen molar-refractivity contribution in [3.8, 4) is 0 Å². The Morgan fingerprint density at radius 3 is 2.81 bits per heavy atom. The molecule has 0 bridgehead atoms. The highest BCUT2D eigenvalue weighted by atomic mass is 16.5. The van der Waals surface area contributed by atoms with Gasteiger partial charge in [0, 0.05) is 12.8 Å². The Hall–Kier alpha value is -0.930. The third kappa shape index (κ3) is 4.73. The molecule has 0 saturated heterocycles. The molecule has 0 aliphatic rings. The molecule has 0 saturated carbocycles. The van der Waals surface area contributed by atoms with Gasteiger partial charge in [0.25, 0.3) is 0 Å². The van der Waals surface area contributed by atoms with Crippen LogP contribution in [0.3, 0.4) is 0 Å². The molecule has 3 heteroatoms. The van der Waals surface area contributed by atoms with Crippen LogP contribution in [0.5, 0.6) is 0 Å². The van der Waals surface area contributed by atoms with Crippen LogP contribution in [0.4, 0.5) is 0 Å². The number of nitrogens with one attached hydrogen (secondary N) is 1. The smallest absolute Gasteiger partial charge is 0.0732 e. The second kappa shape index (κ2) is 8.25. The van der Waals surface area contributed by atoms with E-state index in [0.29, 0.717) is 6.61 Å². The van der Waals surface area contributed by atoms with Crippen LogP contribution >= 0.6 is 0 Å². The van der Waals surface area contributed by atoms with Gasteiger partial charge in [0.2, 0.25) is 0 Å². The van der Waals surface area contributed by atoms with Crippen molar-refractivity contribution >= 4 is 0 Å². The maximum Gasteiger partial charge on any atom is 0.0732 e. The van der Waals surface area contributed by atoms with Crippen molar-refractivity contribution in [1.82, 2.24) is 10.3 Å². The number of hydrogen-bond acceptors (Lipinski definition) is 3. The number of pyridine rings is 1. The topological polar surface area (TPSA) is 34.1 Å². The minimum atomic E-state index is 0.215. The Morgan fingerprint density at radius 1 is 1.31 bits per heavy atom. The van der Waals surface area contributed by atoms with Crippen molar-refractivity contribution in [1.29, 1.82) is 0 Å². The van der Waals surface area contributed by atoms with Gasteiger partial charge in [-0.1, -0.05) is 19.9 Å². The van der Waals surface area contributed by atoms with E-state index in [9.17, 15) is 0 Å². The minimum Gasteiger partial charge on any atom is -0.379 e. The highest BCUT2D eigenvalue weighted by Crippen LogP contribution is 2.10. The fourth-order valence-electron chi connectivity index (χ4n) is 1.50. The third-order valence-corrected chi connectivity index (χ3v) is 2.32. The first-order chi connectivity index (χ1) is 7.88. The zero-order valence-electron chi connectivity index (χ0n) is 10.3. The summed E-state index contributed by atoms with van der Waals surface area (Å²) in [6.07, 6.45) is 4.01. The standard InChI is InChI=1S/C13H22N2O/c1-3-8-14-13(11-16-10-4-2)12-7-5-6-9-15-12/h5-7,9,13-14H,3-4,8,10-11H2,1-2H3. The lowest BCUT2D eigenvalue weighted by Crippen LogP contribution is -2.27. The first-order valence-electron chi connectivity index (χ1n) is 6.10. The van der Waals surface area contributed by atoms with Gasteiger partial charge in [0.05, 0.1) is 18.3 Å². The predicted molar refractivity (Wildman–Crippen MR) is 66.4 cm³/mol. The average Bonchev–Trinajstić information content (AvgIpc) is 2.35. The van der Waals surface area contributed by atoms with Gasteiger partial charge in [-0.2, -0.15) is 0 Å². The zero-order valence-corrected chi connectivity index (χ0v) is 10.3. The van der Waals surface area contributed by atoms with E-state index in [1.54, 1.807) is 0 Å². The molecular weight excluding hydrogens is 200 g/mol. The second-order valence-electron chi connectivity index (χ2n) is 3.84. The molecule has 1 aromatic heterocycles. The number of hydrogen-bond donors (Lipinski definition) is 1. The van der Waals surface area contributed by atoms with E-state index in [0.717, 1.165) is 31.7 Å². The molecular formula is C13H22N2O. The zero-order chi connectivity index (χ0) is 11.6. The summed E-state index contributed by atoms with van der Waals surface area (Å²) in [7, 11) is 0.